The molecule has 0 aromatic carbocycles. The van der Waals surface area contributed by atoms with Crippen molar-refractivity contribution >= 4 is 16.1 Å². The van der Waals surface area contributed by atoms with E-state index < -0.39 is 16.1 Å². The van der Waals surface area contributed by atoms with Crippen LogP contribution in [0.3, 0.4) is 0 Å². The number of rotatable bonds is 3. The van der Waals surface area contributed by atoms with Crippen LogP contribution >= 0.6 is 0 Å². The molecule has 0 N–H and O–H groups in total. The van der Waals surface area contributed by atoms with Gasteiger partial charge in [-0.15, -0.1) is 0 Å². The second-order valence-corrected chi connectivity index (χ2v) is 3.86. The van der Waals surface area contributed by atoms with Crippen LogP contribution in [0.15, 0.2) is 12.2 Å². The Labute approximate surface area is 116 Å². The predicted molar refractivity (Wildman–Crippen MR) is 41.5 cm³/mol. The van der Waals surface area contributed by atoms with Gasteiger partial charge in [-0.1, -0.05) is 6.58 Å². The zero-order chi connectivity index (χ0) is 9.07. The Bertz CT molecular complexity index is 272. The molecule has 0 amide bonds. The van der Waals surface area contributed by atoms with Crippen LogP contribution in [0.4, 0.5) is 0 Å². The third-order valence-corrected chi connectivity index (χ3v) is 2.02. The van der Waals surface area contributed by atoms with E-state index >= 15 is 0 Å². The molecule has 0 spiro atoms. The van der Waals surface area contributed by atoms with Gasteiger partial charge in [0.1, 0.15) is 0 Å². The second kappa shape index (κ2) is 6.28. The van der Waals surface area contributed by atoms with E-state index in [0.717, 1.165) is 0 Å². The van der Waals surface area contributed by atoms with Crippen LogP contribution in [0.1, 0.15) is 15.3 Å². The molecule has 0 rings (SSSR count). The molecule has 0 saturated carbocycles. The van der Waals surface area contributed by atoms with Gasteiger partial charge in [0.05, 0.1) is 5.75 Å². The molecule has 0 aromatic rings. The number of carbonyl (C=O) groups excluding carboxylic acids is 1. The summed E-state index contributed by atoms with van der Waals surface area (Å²) < 4.78 is 25.3. The Balaban J connectivity index is -0.000000500. The Morgan fingerprint density at radius 2 is 2.00 bits per heavy atom. The summed E-state index contributed by atoms with van der Waals surface area (Å²) in [5.74, 6) is -1.11. The van der Waals surface area contributed by atoms with Crippen molar-refractivity contribution in [3.63, 3.8) is 0 Å². The van der Waals surface area contributed by atoms with Gasteiger partial charge in [0.2, 0.25) is 0 Å². The van der Waals surface area contributed by atoms with Crippen molar-refractivity contribution in [2.75, 3.05) is 5.75 Å². The smallest absolute Gasteiger partial charge is 1.00 e. The van der Waals surface area contributed by atoms with Gasteiger partial charge in [0.15, 0.2) is 0 Å². The third kappa shape index (κ3) is 6.33. The molecule has 0 atom stereocenters. The van der Waals surface area contributed by atoms with Crippen LogP contribution in [-0.4, -0.2) is 20.1 Å². The summed E-state index contributed by atoms with van der Waals surface area (Å²) in [6.07, 6.45) is 0. The van der Waals surface area contributed by atoms with Crippen molar-refractivity contribution in [2.45, 2.75) is 13.8 Å². The van der Waals surface area contributed by atoms with Gasteiger partial charge in [-0.3, -0.25) is 0 Å². The van der Waals surface area contributed by atoms with E-state index in [1.54, 1.807) is 0 Å². The molecular formula is C6H11KO4S. The molecule has 0 saturated heterocycles. The standard InChI is InChI=1S/C6H10O4S.K.H/c1-4-11(8,9)10-6(7)5(2)3;;/h2,4H2,1,3H3;;/q;+1;-1. The number of carbonyl (C=O) groups is 1. The first-order valence-corrected chi connectivity index (χ1v) is 4.58. The van der Waals surface area contributed by atoms with Crippen molar-refractivity contribution in [1.82, 2.24) is 0 Å². The molecule has 0 heterocycles. The minimum Gasteiger partial charge on any atom is -1.00 e. The summed E-state index contributed by atoms with van der Waals surface area (Å²) in [7, 11) is -3.67. The molecule has 6 heteroatoms. The van der Waals surface area contributed by atoms with Crippen LogP contribution in [-0.2, 0) is 19.1 Å². The fourth-order valence-electron chi connectivity index (χ4n) is 0.245. The fourth-order valence-corrected chi connectivity index (χ4v) is 0.736. The van der Waals surface area contributed by atoms with Crippen LogP contribution in [0.2, 0.25) is 0 Å². The Hall–Kier alpha value is 0.796. The molecule has 0 aliphatic carbocycles. The molecule has 0 aromatic heterocycles. The van der Waals surface area contributed by atoms with E-state index in [9.17, 15) is 13.2 Å². The van der Waals surface area contributed by atoms with Crippen molar-refractivity contribution in [3.8, 4) is 0 Å². The number of hydrogen-bond acceptors (Lipinski definition) is 4. The van der Waals surface area contributed by atoms with Crippen LogP contribution in [0.25, 0.3) is 0 Å². The van der Waals surface area contributed by atoms with Crippen LogP contribution < -0.4 is 51.4 Å². The Kier molecular flexibility index (Phi) is 8.00. The van der Waals surface area contributed by atoms with Gasteiger partial charge in [-0.2, -0.15) is 8.42 Å². The van der Waals surface area contributed by atoms with Gasteiger partial charge >= 0.3 is 67.5 Å². The first-order valence-electron chi connectivity index (χ1n) is 3.01. The molecule has 0 aliphatic rings. The second-order valence-electron chi connectivity index (χ2n) is 2.00. The maximum atomic E-state index is 10.6. The quantitative estimate of drug-likeness (QED) is 0.300. The minimum atomic E-state index is -3.67. The molecular weight excluding hydrogens is 207 g/mol. The van der Waals surface area contributed by atoms with E-state index in [0.29, 0.717) is 0 Å². The van der Waals surface area contributed by atoms with Gasteiger partial charge in [-0.05, 0) is 13.8 Å². The van der Waals surface area contributed by atoms with E-state index in [4.69, 9.17) is 0 Å². The van der Waals surface area contributed by atoms with E-state index in [-0.39, 0.29) is 64.1 Å². The van der Waals surface area contributed by atoms with Crippen LogP contribution in [0.5, 0.6) is 0 Å². The van der Waals surface area contributed by atoms with Crippen molar-refractivity contribution in [3.05, 3.63) is 12.2 Å². The Morgan fingerprint density at radius 3 is 2.25 bits per heavy atom. The molecule has 0 fully saturated rings. The zero-order valence-corrected chi connectivity index (χ0v) is 11.4. The average molecular weight is 218 g/mol. The Morgan fingerprint density at radius 1 is 1.58 bits per heavy atom. The summed E-state index contributed by atoms with van der Waals surface area (Å²) >= 11 is 0. The molecule has 0 radical (unpaired) electrons. The molecule has 66 valence electrons. The van der Waals surface area contributed by atoms with Crippen LogP contribution in [0, 0.1) is 0 Å². The normalized spacial score (nSPS) is 9.83. The first kappa shape index (κ1) is 15.3. The van der Waals surface area contributed by atoms with Gasteiger partial charge in [0.25, 0.3) is 0 Å². The monoisotopic (exact) mass is 218 g/mol. The van der Waals surface area contributed by atoms with Crippen molar-refractivity contribution in [1.29, 1.82) is 0 Å². The van der Waals surface area contributed by atoms with Gasteiger partial charge in [-0.25, -0.2) is 4.79 Å². The fraction of sp³-hybridized carbons (Fsp3) is 0.500. The van der Waals surface area contributed by atoms with Gasteiger partial charge < -0.3 is 5.61 Å². The summed E-state index contributed by atoms with van der Waals surface area (Å²) in [6, 6.07) is 0. The first-order chi connectivity index (χ1) is 4.89. The minimum absolute atomic E-state index is 0. The largest absolute Gasteiger partial charge is 1.00 e. The SMILES string of the molecule is C=C(C)C(=O)OS(=O)(=O)CC.[H-].[K+]. The maximum Gasteiger partial charge on any atom is 1.00 e. The topological polar surface area (TPSA) is 60.4 Å². The average Bonchev–Trinajstić information content (AvgIpc) is 1.87. The summed E-state index contributed by atoms with van der Waals surface area (Å²) in [5, 5.41) is 0. The predicted octanol–water partition coefficient (Wildman–Crippen LogP) is -2.43. The third-order valence-electron chi connectivity index (χ3n) is 0.905. The molecule has 12 heavy (non-hydrogen) atoms. The zero-order valence-electron chi connectivity index (χ0n) is 8.46. The summed E-state index contributed by atoms with van der Waals surface area (Å²) in [6.45, 7) is 6.01. The molecule has 0 bridgehead atoms. The summed E-state index contributed by atoms with van der Waals surface area (Å²) in [4.78, 5) is 10.6. The molecule has 0 aliphatic heterocycles. The summed E-state index contributed by atoms with van der Waals surface area (Å²) in [5.41, 5.74) is 0.0713. The van der Waals surface area contributed by atoms with E-state index in [1.807, 2.05) is 0 Å². The molecule has 4 nitrogen and oxygen atoms in total. The van der Waals surface area contributed by atoms with Crippen molar-refractivity contribution in [2.24, 2.45) is 0 Å². The van der Waals surface area contributed by atoms with Gasteiger partial charge in [0, 0.05) is 5.57 Å². The van der Waals surface area contributed by atoms with E-state index in [2.05, 4.69) is 10.8 Å². The number of hydrogen-bond donors (Lipinski definition) is 0. The molecule has 0 unspecified atom stereocenters. The maximum absolute atomic E-state index is 10.6. The van der Waals surface area contributed by atoms with Crippen molar-refractivity contribution < 1.29 is 70.2 Å². The van der Waals surface area contributed by atoms with E-state index in [1.165, 1.54) is 13.8 Å².